The number of pyridine rings is 1. The Labute approximate surface area is 136 Å². The molecule has 3 rings (SSSR count). The summed E-state index contributed by atoms with van der Waals surface area (Å²) in [4.78, 5) is 16.4. The van der Waals surface area contributed by atoms with Crippen molar-refractivity contribution in [1.82, 2.24) is 10.3 Å². The number of nitrogens with zero attached hydrogens (tertiary/aromatic N) is 1. The molecule has 1 heterocycles. The minimum atomic E-state index is 0. The molecular weight excluding hydrogens is 298 g/mol. The predicted octanol–water partition coefficient (Wildman–Crippen LogP) is 2.82. The number of nitrogens with two attached hydrogens (primary N) is 1. The van der Waals surface area contributed by atoms with Crippen molar-refractivity contribution >= 4 is 24.0 Å². The van der Waals surface area contributed by atoms with Crippen molar-refractivity contribution in [2.75, 3.05) is 5.73 Å². The van der Waals surface area contributed by atoms with Crippen LogP contribution < -0.4 is 11.1 Å². The van der Waals surface area contributed by atoms with Crippen molar-refractivity contribution in [3.05, 3.63) is 59.4 Å². The zero-order chi connectivity index (χ0) is 14.7. The average Bonchev–Trinajstić information content (AvgIpc) is 2.50. The zero-order valence-electron chi connectivity index (χ0n) is 12.3. The average molecular weight is 318 g/mol. The van der Waals surface area contributed by atoms with Gasteiger partial charge in [0, 0.05) is 5.69 Å². The summed E-state index contributed by atoms with van der Waals surface area (Å²) in [7, 11) is 0. The van der Waals surface area contributed by atoms with Crippen molar-refractivity contribution in [3.8, 4) is 0 Å². The molecule has 1 unspecified atom stereocenters. The van der Waals surface area contributed by atoms with Crippen molar-refractivity contribution in [2.45, 2.75) is 31.7 Å². The Balaban J connectivity index is 0.00000176. The highest BCUT2D eigenvalue weighted by Gasteiger charge is 2.21. The molecule has 1 aliphatic carbocycles. The van der Waals surface area contributed by atoms with Gasteiger partial charge in [-0.25, -0.2) is 0 Å². The molecule has 0 saturated heterocycles. The summed E-state index contributed by atoms with van der Waals surface area (Å²) in [6.45, 7) is 0. The van der Waals surface area contributed by atoms with Gasteiger partial charge in [0.1, 0.15) is 0 Å². The lowest BCUT2D eigenvalue weighted by molar-refractivity contribution is -0.121. The second kappa shape index (κ2) is 7.27. The molecule has 0 saturated carbocycles. The Bertz CT molecular complexity index is 643. The molecule has 3 N–H and O–H groups in total. The van der Waals surface area contributed by atoms with E-state index in [1.165, 1.54) is 11.1 Å². The Kier molecular flexibility index (Phi) is 5.39. The van der Waals surface area contributed by atoms with Crippen LogP contribution in [-0.2, 0) is 17.6 Å². The number of nitrogen functional groups attached to an aromatic ring is 1. The monoisotopic (exact) mass is 317 g/mol. The van der Waals surface area contributed by atoms with Crippen molar-refractivity contribution in [2.24, 2.45) is 0 Å². The number of aryl methyl sites for hydroxylation is 1. The van der Waals surface area contributed by atoms with Gasteiger partial charge in [-0.2, -0.15) is 0 Å². The highest BCUT2D eigenvalue weighted by atomic mass is 35.5. The molecule has 0 bridgehead atoms. The summed E-state index contributed by atoms with van der Waals surface area (Å²) in [5.74, 6) is 0.00831. The van der Waals surface area contributed by atoms with Gasteiger partial charge in [-0.1, -0.05) is 24.3 Å². The van der Waals surface area contributed by atoms with Gasteiger partial charge in [-0.3, -0.25) is 9.78 Å². The Morgan fingerprint density at radius 3 is 2.86 bits per heavy atom. The van der Waals surface area contributed by atoms with Crippen LogP contribution in [0.5, 0.6) is 0 Å². The molecule has 0 spiro atoms. The number of rotatable bonds is 3. The van der Waals surface area contributed by atoms with Gasteiger partial charge >= 0.3 is 0 Å². The number of carbonyl (C=O) groups is 1. The summed E-state index contributed by atoms with van der Waals surface area (Å²) in [6.07, 6.45) is 5.08. The lowest BCUT2D eigenvalue weighted by Gasteiger charge is -2.26. The smallest absolute Gasteiger partial charge is 0.226 e. The van der Waals surface area contributed by atoms with E-state index in [4.69, 9.17) is 5.73 Å². The lowest BCUT2D eigenvalue weighted by Crippen LogP contribution is -2.32. The molecule has 0 aliphatic heterocycles. The standard InChI is InChI=1S/C17H19N3O.ClH/c18-13-8-9-14(19-11-13)10-17(21)20-16-7-3-5-12-4-1-2-6-15(12)16;/h1-2,4,6,8-9,11,16H,3,5,7,10,18H2,(H,20,21);1H. The first-order chi connectivity index (χ1) is 10.2. The fourth-order valence-electron chi connectivity index (χ4n) is 2.85. The normalized spacial score (nSPS) is 16.3. The van der Waals surface area contributed by atoms with E-state index < -0.39 is 0 Å². The molecule has 1 atom stereocenters. The topological polar surface area (TPSA) is 68.0 Å². The van der Waals surface area contributed by atoms with Crippen LogP contribution in [0, 0.1) is 0 Å². The maximum atomic E-state index is 12.2. The van der Waals surface area contributed by atoms with Gasteiger partial charge in [0.05, 0.1) is 24.3 Å². The number of halogens is 1. The molecule has 4 nitrogen and oxygen atoms in total. The van der Waals surface area contributed by atoms with Gasteiger partial charge in [0.2, 0.25) is 5.91 Å². The van der Waals surface area contributed by atoms with Crippen LogP contribution in [0.4, 0.5) is 5.69 Å². The van der Waals surface area contributed by atoms with Crippen LogP contribution in [0.25, 0.3) is 0 Å². The van der Waals surface area contributed by atoms with E-state index in [1.807, 2.05) is 6.07 Å². The SMILES string of the molecule is Cl.Nc1ccc(CC(=O)NC2CCCc3ccccc32)nc1. The molecule has 1 aromatic carbocycles. The van der Waals surface area contributed by atoms with E-state index in [1.54, 1.807) is 18.3 Å². The first kappa shape index (κ1) is 16.3. The van der Waals surface area contributed by atoms with E-state index in [9.17, 15) is 4.79 Å². The molecule has 5 heteroatoms. The van der Waals surface area contributed by atoms with Gasteiger partial charge in [0.15, 0.2) is 0 Å². The van der Waals surface area contributed by atoms with E-state index in [2.05, 4.69) is 28.5 Å². The molecule has 0 radical (unpaired) electrons. The molecule has 1 aromatic heterocycles. The Morgan fingerprint density at radius 1 is 1.27 bits per heavy atom. The Morgan fingerprint density at radius 2 is 2.09 bits per heavy atom. The summed E-state index contributed by atoms with van der Waals surface area (Å²) in [5.41, 5.74) is 9.55. The van der Waals surface area contributed by atoms with Crippen LogP contribution in [-0.4, -0.2) is 10.9 Å². The minimum absolute atomic E-state index is 0. The third kappa shape index (κ3) is 3.77. The number of hydrogen-bond donors (Lipinski definition) is 2. The molecular formula is C17H20ClN3O. The number of amides is 1. The lowest BCUT2D eigenvalue weighted by atomic mass is 9.87. The maximum absolute atomic E-state index is 12.2. The van der Waals surface area contributed by atoms with Crippen LogP contribution in [0.1, 0.15) is 35.7 Å². The first-order valence-corrected chi connectivity index (χ1v) is 7.30. The van der Waals surface area contributed by atoms with Gasteiger partial charge in [-0.15, -0.1) is 12.4 Å². The summed E-state index contributed by atoms with van der Waals surface area (Å²) in [6, 6.07) is 12.0. The molecule has 1 aliphatic rings. The predicted molar refractivity (Wildman–Crippen MR) is 89.9 cm³/mol. The molecule has 116 valence electrons. The first-order valence-electron chi connectivity index (χ1n) is 7.30. The van der Waals surface area contributed by atoms with E-state index in [0.717, 1.165) is 25.0 Å². The largest absolute Gasteiger partial charge is 0.397 e. The van der Waals surface area contributed by atoms with Crippen LogP contribution in [0.2, 0.25) is 0 Å². The van der Waals surface area contributed by atoms with E-state index >= 15 is 0 Å². The third-order valence-electron chi connectivity index (χ3n) is 3.89. The van der Waals surface area contributed by atoms with Crippen molar-refractivity contribution in [1.29, 1.82) is 0 Å². The van der Waals surface area contributed by atoms with Gasteiger partial charge in [0.25, 0.3) is 0 Å². The van der Waals surface area contributed by atoms with Crippen molar-refractivity contribution < 1.29 is 4.79 Å². The number of anilines is 1. The highest BCUT2D eigenvalue weighted by molar-refractivity contribution is 5.85. The highest BCUT2D eigenvalue weighted by Crippen LogP contribution is 2.29. The quantitative estimate of drug-likeness (QED) is 0.914. The number of aromatic nitrogens is 1. The second-order valence-corrected chi connectivity index (χ2v) is 5.47. The number of hydrogen-bond acceptors (Lipinski definition) is 3. The number of nitrogens with one attached hydrogen (secondary N) is 1. The summed E-state index contributed by atoms with van der Waals surface area (Å²) in [5, 5.41) is 3.13. The maximum Gasteiger partial charge on any atom is 0.226 e. The number of carbonyl (C=O) groups excluding carboxylic acids is 1. The molecule has 2 aromatic rings. The van der Waals surface area contributed by atoms with Gasteiger partial charge in [-0.05, 0) is 42.5 Å². The van der Waals surface area contributed by atoms with E-state index in [-0.39, 0.29) is 24.4 Å². The third-order valence-corrected chi connectivity index (χ3v) is 3.89. The summed E-state index contributed by atoms with van der Waals surface area (Å²) < 4.78 is 0. The van der Waals surface area contributed by atoms with Crippen molar-refractivity contribution in [3.63, 3.8) is 0 Å². The number of fused-ring (bicyclic) bond motifs is 1. The Hall–Kier alpha value is -2.07. The van der Waals surface area contributed by atoms with Crippen LogP contribution >= 0.6 is 12.4 Å². The fourth-order valence-corrected chi connectivity index (χ4v) is 2.85. The molecule has 0 fully saturated rings. The second-order valence-electron chi connectivity index (χ2n) is 5.47. The summed E-state index contributed by atoms with van der Waals surface area (Å²) >= 11 is 0. The zero-order valence-corrected chi connectivity index (χ0v) is 13.1. The van der Waals surface area contributed by atoms with Crippen LogP contribution in [0.15, 0.2) is 42.6 Å². The van der Waals surface area contributed by atoms with Crippen LogP contribution in [0.3, 0.4) is 0 Å². The fraction of sp³-hybridized carbons (Fsp3) is 0.294. The van der Waals surface area contributed by atoms with E-state index in [0.29, 0.717) is 12.1 Å². The molecule has 1 amide bonds. The van der Waals surface area contributed by atoms with Gasteiger partial charge < -0.3 is 11.1 Å². The minimum Gasteiger partial charge on any atom is -0.397 e. The molecule has 22 heavy (non-hydrogen) atoms. The number of benzene rings is 1.